The number of hydrogen-bond acceptors (Lipinski definition) is 3. The molecule has 10 heteroatoms. The van der Waals surface area contributed by atoms with Gasteiger partial charge in [-0.25, -0.2) is 22.0 Å². The Hall–Kier alpha value is -3.27. The molecule has 1 unspecified atom stereocenters. The molecular formula is C21H15F5N2O3. The second-order valence-corrected chi connectivity index (χ2v) is 7.14. The maximum Gasteiger partial charge on any atom is 0.266 e. The highest BCUT2D eigenvalue weighted by atomic mass is 19.3. The number of nitrogens with zero attached hydrogens (tertiary/aromatic N) is 1. The number of likely N-dealkylation sites (N-methyl/N-ethyl adjacent to an activating group) is 1. The molecular weight excluding hydrogens is 423 g/mol. The number of carbonyl (C=O) groups is 1. The van der Waals surface area contributed by atoms with Crippen LogP contribution in [0.2, 0.25) is 0 Å². The van der Waals surface area contributed by atoms with Crippen LogP contribution in [0.25, 0.3) is 10.8 Å². The van der Waals surface area contributed by atoms with Crippen LogP contribution in [-0.2, 0) is 11.3 Å². The van der Waals surface area contributed by atoms with Crippen LogP contribution in [0.5, 0.6) is 0 Å². The van der Waals surface area contributed by atoms with Crippen molar-refractivity contribution in [2.24, 2.45) is 0 Å². The van der Waals surface area contributed by atoms with Crippen LogP contribution in [-0.4, -0.2) is 29.4 Å². The molecule has 2 aromatic carbocycles. The first-order chi connectivity index (χ1) is 14.7. The van der Waals surface area contributed by atoms with Crippen LogP contribution in [0.3, 0.4) is 0 Å². The summed E-state index contributed by atoms with van der Waals surface area (Å²) >= 11 is 0. The van der Waals surface area contributed by atoms with E-state index in [-0.39, 0.29) is 35.2 Å². The number of ether oxygens (including phenoxy) is 1. The zero-order valence-corrected chi connectivity index (χ0v) is 16.0. The molecule has 1 N–H and O–H groups in total. The van der Waals surface area contributed by atoms with E-state index in [1.165, 1.54) is 11.9 Å². The number of hydrogen-bond donors (Lipinski definition) is 1. The van der Waals surface area contributed by atoms with E-state index in [9.17, 15) is 31.5 Å². The Morgan fingerprint density at radius 2 is 1.77 bits per heavy atom. The van der Waals surface area contributed by atoms with Gasteiger partial charge in [0.15, 0.2) is 11.6 Å². The van der Waals surface area contributed by atoms with Crippen LogP contribution in [0, 0.1) is 17.5 Å². The number of rotatable bonds is 3. The van der Waals surface area contributed by atoms with Gasteiger partial charge in [0.2, 0.25) is 0 Å². The molecule has 0 fully saturated rings. The number of pyridine rings is 1. The fraction of sp³-hybridized carbons (Fsp3) is 0.238. The van der Waals surface area contributed by atoms with Gasteiger partial charge in [0.05, 0.1) is 30.2 Å². The predicted octanol–water partition coefficient (Wildman–Crippen LogP) is 4.23. The lowest BCUT2D eigenvalue weighted by Crippen LogP contribution is -2.37. The first-order valence-electron chi connectivity index (χ1n) is 9.15. The summed E-state index contributed by atoms with van der Waals surface area (Å²) in [6.07, 6.45) is -3.11. The summed E-state index contributed by atoms with van der Waals surface area (Å²) in [5.41, 5.74) is -1.10. The average Bonchev–Trinajstić information content (AvgIpc) is 2.74. The van der Waals surface area contributed by atoms with Gasteiger partial charge in [-0.3, -0.25) is 9.59 Å². The van der Waals surface area contributed by atoms with Crippen molar-refractivity contribution in [1.29, 1.82) is 0 Å². The molecule has 1 aliphatic rings. The average molecular weight is 438 g/mol. The van der Waals surface area contributed by atoms with E-state index in [0.717, 1.165) is 30.3 Å². The standard InChI is InChI=1S/C21H15F5N2O3/c1-28(21(30)9-2-3-13(22)12(4-9)19(25)26)17-8-31-7-16-18(17)10-5-14(23)15(24)6-11(10)20(29)27-16/h2-6,17,19H,7-8H2,1H3,(H,27,29). The first-order valence-corrected chi connectivity index (χ1v) is 9.15. The Morgan fingerprint density at radius 1 is 1.10 bits per heavy atom. The third-order valence-corrected chi connectivity index (χ3v) is 5.31. The summed E-state index contributed by atoms with van der Waals surface area (Å²) in [6.45, 7) is -0.0671. The highest BCUT2D eigenvalue weighted by Gasteiger charge is 2.32. The highest BCUT2D eigenvalue weighted by Crippen LogP contribution is 2.34. The predicted molar refractivity (Wildman–Crippen MR) is 100 cm³/mol. The molecule has 2 heterocycles. The van der Waals surface area contributed by atoms with Crippen LogP contribution in [0.4, 0.5) is 22.0 Å². The number of fused-ring (bicyclic) bond motifs is 3. The van der Waals surface area contributed by atoms with E-state index in [1.54, 1.807) is 0 Å². The fourth-order valence-electron chi connectivity index (χ4n) is 3.74. The zero-order chi connectivity index (χ0) is 22.4. The highest BCUT2D eigenvalue weighted by molar-refractivity contribution is 5.95. The minimum atomic E-state index is -3.11. The molecule has 1 aliphatic heterocycles. The van der Waals surface area contributed by atoms with Crippen molar-refractivity contribution in [3.8, 4) is 0 Å². The molecule has 0 saturated carbocycles. The Morgan fingerprint density at radius 3 is 2.45 bits per heavy atom. The maximum atomic E-state index is 14.0. The van der Waals surface area contributed by atoms with Gasteiger partial charge in [-0.1, -0.05) is 0 Å². The lowest BCUT2D eigenvalue weighted by Gasteiger charge is -2.34. The summed E-state index contributed by atoms with van der Waals surface area (Å²) in [6, 6.07) is 3.42. The second-order valence-electron chi connectivity index (χ2n) is 7.14. The Balaban J connectivity index is 1.82. The monoisotopic (exact) mass is 438 g/mol. The fourth-order valence-corrected chi connectivity index (χ4v) is 3.74. The van der Waals surface area contributed by atoms with E-state index in [0.29, 0.717) is 5.56 Å². The van der Waals surface area contributed by atoms with Crippen LogP contribution in [0.15, 0.2) is 35.1 Å². The van der Waals surface area contributed by atoms with Crippen molar-refractivity contribution < 1.29 is 31.5 Å². The van der Waals surface area contributed by atoms with Gasteiger partial charge in [0, 0.05) is 23.9 Å². The largest absolute Gasteiger partial charge is 0.373 e. The maximum absolute atomic E-state index is 14.0. The summed E-state index contributed by atoms with van der Waals surface area (Å²) in [4.78, 5) is 29.0. The molecule has 1 aromatic heterocycles. The lowest BCUT2D eigenvalue weighted by atomic mass is 9.95. The van der Waals surface area contributed by atoms with Crippen molar-refractivity contribution in [2.45, 2.75) is 19.1 Å². The van der Waals surface area contributed by atoms with Gasteiger partial charge in [-0.2, -0.15) is 0 Å². The second kappa shape index (κ2) is 7.77. The molecule has 4 rings (SSSR count). The van der Waals surface area contributed by atoms with Crippen molar-refractivity contribution in [3.05, 3.63) is 80.5 Å². The van der Waals surface area contributed by atoms with Crippen LogP contribution in [0.1, 0.15) is 39.6 Å². The van der Waals surface area contributed by atoms with Crippen LogP contribution >= 0.6 is 0 Å². The number of amides is 1. The minimum Gasteiger partial charge on any atom is -0.373 e. The Kier molecular flexibility index (Phi) is 5.26. The number of alkyl halides is 2. The quantitative estimate of drug-likeness (QED) is 0.623. The van der Waals surface area contributed by atoms with Crippen molar-refractivity contribution in [1.82, 2.24) is 9.88 Å². The van der Waals surface area contributed by atoms with E-state index >= 15 is 0 Å². The van der Waals surface area contributed by atoms with Crippen LogP contribution < -0.4 is 5.56 Å². The number of carbonyl (C=O) groups excluding carboxylic acids is 1. The van der Waals surface area contributed by atoms with E-state index in [2.05, 4.69) is 4.98 Å². The molecule has 0 aliphatic carbocycles. The number of nitrogens with one attached hydrogen (secondary N) is 1. The number of aromatic amines is 1. The Bertz CT molecular complexity index is 1260. The zero-order valence-electron chi connectivity index (χ0n) is 16.0. The smallest absolute Gasteiger partial charge is 0.266 e. The van der Waals surface area contributed by atoms with Gasteiger partial charge in [-0.15, -0.1) is 0 Å². The summed E-state index contributed by atoms with van der Waals surface area (Å²) in [7, 11) is 1.37. The number of benzene rings is 2. The molecule has 0 spiro atoms. The molecule has 5 nitrogen and oxygen atoms in total. The SMILES string of the molecule is CN(C(=O)c1ccc(F)c(C(F)F)c1)C1COCc2[nH]c(=O)c3cc(F)c(F)cc3c21. The third-order valence-electron chi connectivity index (χ3n) is 5.31. The molecule has 31 heavy (non-hydrogen) atoms. The minimum absolute atomic E-state index is 0.0237. The number of H-pyrrole nitrogens is 1. The van der Waals surface area contributed by atoms with Gasteiger partial charge in [-0.05, 0) is 35.7 Å². The molecule has 1 atom stereocenters. The molecule has 0 bridgehead atoms. The third kappa shape index (κ3) is 3.56. The molecule has 162 valence electrons. The van der Waals surface area contributed by atoms with Gasteiger partial charge in [0.25, 0.3) is 17.9 Å². The number of aromatic nitrogens is 1. The molecule has 0 saturated heterocycles. The lowest BCUT2D eigenvalue weighted by molar-refractivity contribution is 0.0335. The Labute approximate surface area is 172 Å². The first kappa shape index (κ1) is 21.0. The van der Waals surface area contributed by atoms with Gasteiger partial charge >= 0.3 is 0 Å². The molecule has 0 radical (unpaired) electrons. The van der Waals surface area contributed by atoms with Crippen molar-refractivity contribution in [3.63, 3.8) is 0 Å². The summed E-state index contributed by atoms with van der Waals surface area (Å²) < 4.78 is 72.7. The van der Waals surface area contributed by atoms with Gasteiger partial charge < -0.3 is 14.6 Å². The molecule has 3 aromatic rings. The van der Waals surface area contributed by atoms with E-state index < -0.39 is 46.9 Å². The van der Waals surface area contributed by atoms with Crippen molar-refractivity contribution >= 4 is 16.7 Å². The topological polar surface area (TPSA) is 62.4 Å². The van der Waals surface area contributed by atoms with E-state index in [1.807, 2.05) is 0 Å². The summed E-state index contributed by atoms with van der Waals surface area (Å²) in [5.74, 6) is -4.22. The van der Waals surface area contributed by atoms with E-state index in [4.69, 9.17) is 4.74 Å². The normalized spacial score (nSPS) is 15.9. The van der Waals surface area contributed by atoms with Crippen molar-refractivity contribution in [2.75, 3.05) is 13.7 Å². The molecule has 1 amide bonds. The summed E-state index contributed by atoms with van der Waals surface area (Å²) in [5, 5.41) is 0.00476. The van der Waals surface area contributed by atoms with Gasteiger partial charge in [0.1, 0.15) is 5.82 Å². The number of halogens is 5.